The molecule has 0 radical (unpaired) electrons. The normalized spacial score (nSPS) is 8.96. The number of aliphatic carboxylic acids is 1. The molecule has 1 heterocycles. The average molecular weight is 354 g/mol. The van der Waals surface area contributed by atoms with Crippen molar-refractivity contribution in [2.45, 2.75) is 41.0 Å². The number of nitrogens with two attached hydrogens (primary N) is 1. The fourth-order valence-electron chi connectivity index (χ4n) is 1.64. The minimum Gasteiger partial charge on any atom is -0.478 e. The van der Waals surface area contributed by atoms with Crippen LogP contribution in [0.1, 0.15) is 45.7 Å². The van der Waals surface area contributed by atoms with Crippen molar-refractivity contribution in [3.05, 3.63) is 77.6 Å². The Balaban J connectivity index is 0.000000362. The van der Waals surface area contributed by atoms with Gasteiger partial charge in [-0.2, -0.15) is 0 Å². The number of anilines is 1. The van der Waals surface area contributed by atoms with E-state index < -0.39 is 5.97 Å². The summed E-state index contributed by atoms with van der Waals surface area (Å²) in [5.74, 6) is -0.829. The lowest BCUT2D eigenvalue weighted by Crippen LogP contribution is -1.97. The molecule has 0 fully saturated rings. The molecule has 2 rings (SSSR count). The van der Waals surface area contributed by atoms with Crippen LogP contribution in [-0.4, -0.2) is 16.1 Å². The van der Waals surface area contributed by atoms with E-state index in [0.29, 0.717) is 5.57 Å². The molecular weight excluding hydrogens is 324 g/mol. The van der Waals surface area contributed by atoms with Gasteiger partial charge in [-0.3, -0.25) is 4.98 Å². The summed E-state index contributed by atoms with van der Waals surface area (Å²) in [6, 6.07) is 11.9. The number of aromatic nitrogens is 1. The molecule has 0 aliphatic rings. The quantitative estimate of drug-likeness (QED) is 0.573. The Labute approximate surface area is 157 Å². The first-order valence-corrected chi connectivity index (χ1v) is 8.46. The van der Waals surface area contributed by atoms with Crippen LogP contribution in [0.25, 0.3) is 5.57 Å². The molecule has 0 unspecified atom stereocenters. The lowest BCUT2D eigenvalue weighted by molar-refractivity contribution is -0.132. The summed E-state index contributed by atoms with van der Waals surface area (Å²) in [6.07, 6.45) is 4.62. The zero-order valence-electron chi connectivity index (χ0n) is 16.4. The Bertz CT molecular complexity index is 731. The zero-order valence-corrected chi connectivity index (χ0v) is 16.4. The monoisotopic (exact) mass is 354 g/mol. The summed E-state index contributed by atoms with van der Waals surface area (Å²) in [5, 5.41) is 8.29. The topological polar surface area (TPSA) is 76.2 Å². The summed E-state index contributed by atoms with van der Waals surface area (Å²) in [4.78, 5) is 14.0. The number of carboxylic acids is 1. The van der Waals surface area contributed by atoms with E-state index in [4.69, 9.17) is 10.8 Å². The van der Waals surface area contributed by atoms with Gasteiger partial charge in [0.2, 0.25) is 0 Å². The van der Waals surface area contributed by atoms with Crippen LogP contribution in [0.4, 0.5) is 5.69 Å². The Morgan fingerprint density at radius 1 is 1.15 bits per heavy atom. The standard InChI is InChI=1S/C8H9N.C8H11N.C6H10O2/c1-7(2)8-4-3-5-9-6-8;1-2-7-4-3-5-8(9)6-7;1-4(2)5(3)6(7)8/h3-6H,1H2,2H3;3-6H,2,9H2,1H3;1-3H3,(H,7,8). The highest BCUT2D eigenvalue weighted by Crippen LogP contribution is 2.07. The number of pyridine rings is 1. The summed E-state index contributed by atoms with van der Waals surface area (Å²) < 4.78 is 0. The fourth-order valence-corrected chi connectivity index (χ4v) is 1.64. The van der Waals surface area contributed by atoms with E-state index in [-0.39, 0.29) is 0 Å². The highest BCUT2D eigenvalue weighted by Gasteiger charge is 1.99. The lowest BCUT2D eigenvalue weighted by Gasteiger charge is -1.95. The minimum absolute atomic E-state index is 0.435. The maximum Gasteiger partial charge on any atom is 0.331 e. The molecule has 3 N–H and O–H groups in total. The van der Waals surface area contributed by atoms with Crippen LogP contribution in [0.2, 0.25) is 0 Å². The second kappa shape index (κ2) is 12.5. The Morgan fingerprint density at radius 2 is 1.81 bits per heavy atom. The molecule has 2 aromatic rings. The van der Waals surface area contributed by atoms with Gasteiger partial charge < -0.3 is 10.8 Å². The van der Waals surface area contributed by atoms with E-state index in [1.54, 1.807) is 27.0 Å². The second-order valence-corrected chi connectivity index (χ2v) is 6.05. The molecule has 0 atom stereocenters. The van der Waals surface area contributed by atoms with Gasteiger partial charge in [0.25, 0.3) is 0 Å². The number of benzene rings is 1. The molecule has 140 valence electrons. The van der Waals surface area contributed by atoms with Gasteiger partial charge >= 0.3 is 5.97 Å². The molecule has 0 spiro atoms. The lowest BCUT2D eigenvalue weighted by atomic mass is 10.1. The molecule has 1 aromatic heterocycles. The van der Waals surface area contributed by atoms with Crippen molar-refractivity contribution < 1.29 is 9.90 Å². The SMILES string of the molecule is C=C(C)c1cccnc1.CC(C)=C(C)C(=O)O.CCc1cccc(N)c1. The maximum absolute atomic E-state index is 10.1. The van der Waals surface area contributed by atoms with Gasteiger partial charge in [0.15, 0.2) is 0 Å². The van der Waals surface area contributed by atoms with Gasteiger partial charge in [0.05, 0.1) is 0 Å². The Kier molecular flexibility index (Phi) is 11.1. The number of hydrogen-bond acceptors (Lipinski definition) is 3. The molecule has 0 aliphatic carbocycles. The molecule has 4 nitrogen and oxygen atoms in total. The zero-order chi connectivity index (χ0) is 20.1. The third kappa shape index (κ3) is 10.1. The minimum atomic E-state index is -0.829. The van der Waals surface area contributed by atoms with Crippen molar-refractivity contribution in [1.82, 2.24) is 4.98 Å². The second-order valence-electron chi connectivity index (χ2n) is 6.05. The summed E-state index contributed by atoms with van der Waals surface area (Å²) in [6.45, 7) is 13.0. The first kappa shape index (κ1) is 23.1. The fraction of sp³-hybridized carbons (Fsp3) is 0.273. The van der Waals surface area contributed by atoms with Crippen LogP contribution < -0.4 is 5.73 Å². The highest BCUT2D eigenvalue weighted by molar-refractivity contribution is 5.86. The number of carboxylic acid groups (broad SMARTS) is 1. The number of nitrogens with zero attached hydrogens (tertiary/aromatic N) is 1. The number of nitrogen functional groups attached to an aromatic ring is 1. The van der Waals surface area contributed by atoms with E-state index in [1.807, 2.05) is 43.5 Å². The van der Waals surface area contributed by atoms with E-state index in [9.17, 15) is 4.79 Å². The van der Waals surface area contributed by atoms with Crippen LogP contribution in [0.3, 0.4) is 0 Å². The van der Waals surface area contributed by atoms with Gasteiger partial charge in [-0.15, -0.1) is 0 Å². The number of rotatable bonds is 3. The summed E-state index contributed by atoms with van der Waals surface area (Å²) >= 11 is 0. The van der Waals surface area contributed by atoms with Crippen molar-refractivity contribution in [1.29, 1.82) is 0 Å². The largest absolute Gasteiger partial charge is 0.478 e. The van der Waals surface area contributed by atoms with Crippen LogP contribution >= 0.6 is 0 Å². The van der Waals surface area contributed by atoms with E-state index in [2.05, 4.69) is 24.6 Å². The van der Waals surface area contributed by atoms with Crippen LogP contribution in [0.5, 0.6) is 0 Å². The average Bonchev–Trinajstić information content (AvgIpc) is 2.62. The van der Waals surface area contributed by atoms with Crippen molar-refractivity contribution in [2.75, 3.05) is 5.73 Å². The van der Waals surface area contributed by atoms with Crippen molar-refractivity contribution in [3.8, 4) is 0 Å². The molecule has 4 heteroatoms. The predicted octanol–water partition coefficient (Wildman–Crippen LogP) is 5.37. The predicted molar refractivity (Wildman–Crippen MR) is 111 cm³/mol. The number of aryl methyl sites for hydroxylation is 1. The van der Waals surface area contributed by atoms with Gasteiger partial charge in [0.1, 0.15) is 0 Å². The number of allylic oxidation sites excluding steroid dienone is 2. The van der Waals surface area contributed by atoms with Gasteiger partial charge in [-0.05, 0) is 69.0 Å². The van der Waals surface area contributed by atoms with Gasteiger partial charge in [-0.1, -0.05) is 37.3 Å². The third-order valence-corrected chi connectivity index (χ3v) is 3.58. The van der Waals surface area contributed by atoms with Crippen molar-refractivity contribution >= 4 is 17.2 Å². The van der Waals surface area contributed by atoms with Crippen molar-refractivity contribution in [2.24, 2.45) is 0 Å². The smallest absolute Gasteiger partial charge is 0.331 e. The third-order valence-electron chi connectivity index (χ3n) is 3.58. The first-order valence-electron chi connectivity index (χ1n) is 8.46. The van der Waals surface area contributed by atoms with Crippen LogP contribution in [0.15, 0.2) is 66.5 Å². The first-order chi connectivity index (χ1) is 12.2. The Morgan fingerprint density at radius 3 is 2.08 bits per heavy atom. The van der Waals surface area contributed by atoms with E-state index in [1.165, 1.54) is 5.56 Å². The van der Waals surface area contributed by atoms with E-state index >= 15 is 0 Å². The van der Waals surface area contributed by atoms with Crippen molar-refractivity contribution in [3.63, 3.8) is 0 Å². The molecule has 0 saturated heterocycles. The van der Waals surface area contributed by atoms with Crippen LogP contribution in [0, 0.1) is 0 Å². The van der Waals surface area contributed by atoms with Crippen LogP contribution in [-0.2, 0) is 11.2 Å². The number of hydrogen-bond donors (Lipinski definition) is 2. The molecule has 0 saturated carbocycles. The molecule has 0 bridgehead atoms. The molecule has 26 heavy (non-hydrogen) atoms. The molecule has 1 aromatic carbocycles. The van der Waals surface area contributed by atoms with E-state index in [0.717, 1.165) is 28.8 Å². The molecule has 0 amide bonds. The molecule has 0 aliphatic heterocycles. The number of carbonyl (C=O) groups is 1. The summed E-state index contributed by atoms with van der Waals surface area (Å²) in [7, 11) is 0. The molecular formula is C22H30N2O2. The summed E-state index contributed by atoms with van der Waals surface area (Å²) in [5.41, 5.74) is 11.2. The maximum atomic E-state index is 10.1. The van der Waals surface area contributed by atoms with Gasteiger partial charge in [0, 0.05) is 23.7 Å². The Hall–Kier alpha value is -2.88. The highest BCUT2D eigenvalue weighted by atomic mass is 16.4. The van der Waals surface area contributed by atoms with Gasteiger partial charge in [-0.25, -0.2) is 4.79 Å².